The first-order valence-electron chi connectivity index (χ1n) is 7.92. The second-order valence-electron chi connectivity index (χ2n) is 6.40. The van der Waals surface area contributed by atoms with Gasteiger partial charge in [-0.1, -0.05) is 0 Å². The van der Waals surface area contributed by atoms with Crippen LogP contribution in [0.15, 0.2) is 6.07 Å². The van der Waals surface area contributed by atoms with Crippen molar-refractivity contribution in [1.82, 2.24) is 14.8 Å². The monoisotopic (exact) mass is 315 g/mol. The van der Waals surface area contributed by atoms with Crippen LogP contribution in [0.1, 0.15) is 29.7 Å². The summed E-state index contributed by atoms with van der Waals surface area (Å²) < 4.78 is 0. The van der Waals surface area contributed by atoms with Crippen molar-refractivity contribution in [2.75, 3.05) is 39.1 Å². The highest BCUT2D eigenvalue weighted by Gasteiger charge is 2.28. The van der Waals surface area contributed by atoms with E-state index in [0.29, 0.717) is 5.56 Å². The molecule has 124 valence electrons. The summed E-state index contributed by atoms with van der Waals surface area (Å²) in [5.41, 5.74) is 2.56. The number of pyridine rings is 1. The summed E-state index contributed by atoms with van der Waals surface area (Å²) >= 11 is 0. The molecule has 2 amide bonds. The lowest BCUT2D eigenvalue weighted by Crippen LogP contribution is -2.48. The van der Waals surface area contributed by atoms with Gasteiger partial charge in [-0.15, -0.1) is 0 Å². The molecule has 0 aliphatic carbocycles. The fourth-order valence-corrected chi connectivity index (χ4v) is 3.12. The second-order valence-corrected chi connectivity index (χ2v) is 6.40. The van der Waals surface area contributed by atoms with Gasteiger partial charge in [0.25, 0.3) is 0 Å². The summed E-state index contributed by atoms with van der Waals surface area (Å²) in [5, 5.41) is 9.42. The summed E-state index contributed by atoms with van der Waals surface area (Å²) in [6.45, 7) is 5.52. The lowest BCUT2D eigenvalue weighted by molar-refractivity contribution is 0.155. The number of piperidine rings is 1. The summed E-state index contributed by atoms with van der Waals surface area (Å²) in [6.07, 6.45) is 1.77. The number of nitriles is 1. The van der Waals surface area contributed by atoms with E-state index in [2.05, 4.69) is 16.0 Å². The average Bonchev–Trinajstić information content (AvgIpc) is 2.52. The van der Waals surface area contributed by atoms with Gasteiger partial charge in [0.15, 0.2) is 0 Å². The third kappa shape index (κ3) is 3.55. The molecule has 6 nitrogen and oxygen atoms in total. The third-order valence-corrected chi connectivity index (χ3v) is 4.43. The van der Waals surface area contributed by atoms with Crippen molar-refractivity contribution in [2.24, 2.45) is 0 Å². The number of amides is 2. The van der Waals surface area contributed by atoms with Gasteiger partial charge in [0, 0.05) is 46.0 Å². The molecule has 0 unspecified atom stereocenters. The summed E-state index contributed by atoms with van der Waals surface area (Å²) in [6, 6.07) is 4.49. The summed E-state index contributed by atoms with van der Waals surface area (Å²) in [5.74, 6) is 0.782. The van der Waals surface area contributed by atoms with E-state index >= 15 is 0 Å². The highest BCUT2D eigenvalue weighted by Crippen LogP contribution is 2.26. The number of anilines is 1. The zero-order valence-electron chi connectivity index (χ0n) is 14.6. The summed E-state index contributed by atoms with van der Waals surface area (Å²) in [7, 11) is 5.40. The van der Waals surface area contributed by atoms with Crippen molar-refractivity contribution in [3.63, 3.8) is 0 Å². The Morgan fingerprint density at radius 3 is 2.43 bits per heavy atom. The largest absolute Gasteiger partial charge is 0.355 e. The fourth-order valence-electron chi connectivity index (χ4n) is 3.12. The molecule has 0 spiro atoms. The maximum absolute atomic E-state index is 12.1. The molecule has 0 saturated carbocycles. The zero-order chi connectivity index (χ0) is 17.1. The van der Waals surface area contributed by atoms with E-state index in [0.717, 1.165) is 43.0 Å². The molecule has 1 aliphatic rings. The van der Waals surface area contributed by atoms with Crippen LogP contribution in [0.4, 0.5) is 10.6 Å². The molecule has 0 radical (unpaired) electrons. The lowest BCUT2D eigenvalue weighted by Gasteiger charge is -2.38. The number of aromatic nitrogens is 1. The standard InChI is InChI=1S/C17H25N5O/c1-12-10-13(2)19-16(15(12)11-18)22-8-6-14(7-9-22)21(5)17(23)20(3)4/h10,14H,6-9H2,1-5H3. The molecule has 0 aromatic carbocycles. The number of urea groups is 1. The van der Waals surface area contributed by atoms with E-state index < -0.39 is 0 Å². The van der Waals surface area contributed by atoms with Crippen LogP contribution in [0.2, 0.25) is 0 Å². The van der Waals surface area contributed by atoms with Gasteiger partial charge >= 0.3 is 6.03 Å². The fraction of sp³-hybridized carbons (Fsp3) is 0.588. The first-order chi connectivity index (χ1) is 10.8. The van der Waals surface area contributed by atoms with E-state index in [1.54, 1.807) is 19.0 Å². The predicted octanol–water partition coefficient (Wildman–Crippen LogP) is 2.15. The topological polar surface area (TPSA) is 63.5 Å². The zero-order valence-corrected chi connectivity index (χ0v) is 14.6. The Kier molecular flexibility index (Phi) is 5.09. The van der Waals surface area contributed by atoms with Gasteiger partial charge in [0.05, 0.1) is 5.56 Å². The Morgan fingerprint density at radius 1 is 1.30 bits per heavy atom. The average molecular weight is 315 g/mol. The molecule has 1 aliphatic heterocycles. The van der Waals surface area contributed by atoms with Gasteiger partial charge in [-0.3, -0.25) is 0 Å². The van der Waals surface area contributed by atoms with E-state index in [1.807, 2.05) is 31.9 Å². The molecule has 1 saturated heterocycles. The molecule has 23 heavy (non-hydrogen) atoms. The Labute approximate surface area is 138 Å². The number of nitrogens with zero attached hydrogens (tertiary/aromatic N) is 5. The normalized spacial score (nSPS) is 15.2. The SMILES string of the molecule is Cc1cc(C)c(C#N)c(N2CCC(N(C)C(=O)N(C)C)CC2)n1. The number of rotatable bonds is 2. The van der Waals surface area contributed by atoms with Crippen LogP contribution >= 0.6 is 0 Å². The van der Waals surface area contributed by atoms with Crippen LogP contribution in [-0.4, -0.2) is 61.1 Å². The quantitative estimate of drug-likeness (QED) is 0.839. The molecular weight excluding hydrogens is 290 g/mol. The van der Waals surface area contributed by atoms with Crippen molar-refractivity contribution in [3.05, 3.63) is 22.9 Å². The number of carbonyl (C=O) groups excluding carboxylic acids is 1. The van der Waals surface area contributed by atoms with E-state index in [4.69, 9.17) is 0 Å². The van der Waals surface area contributed by atoms with Crippen molar-refractivity contribution < 1.29 is 4.79 Å². The van der Waals surface area contributed by atoms with Crippen LogP contribution in [0.3, 0.4) is 0 Å². The highest BCUT2D eigenvalue weighted by molar-refractivity contribution is 5.73. The van der Waals surface area contributed by atoms with Crippen LogP contribution in [0.5, 0.6) is 0 Å². The predicted molar refractivity (Wildman–Crippen MR) is 90.5 cm³/mol. The van der Waals surface area contributed by atoms with Crippen LogP contribution < -0.4 is 4.90 Å². The molecule has 0 bridgehead atoms. The van der Waals surface area contributed by atoms with Gasteiger partial charge < -0.3 is 14.7 Å². The van der Waals surface area contributed by atoms with E-state index in [-0.39, 0.29) is 12.1 Å². The van der Waals surface area contributed by atoms with Crippen molar-refractivity contribution in [1.29, 1.82) is 5.26 Å². The first-order valence-corrected chi connectivity index (χ1v) is 7.92. The van der Waals surface area contributed by atoms with E-state index in [1.165, 1.54) is 0 Å². The molecule has 1 fully saturated rings. The minimum Gasteiger partial charge on any atom is -0.355 e. The Bertz CT molecular complexity index is 627. The van der Waals surface area contributed by atoms with Crippen LogP contribution in [0.25, 0.3) is 0 Å². The highest BCUT2D eigenvalue weighted by atomic mass is 16.2. The van der Waals surface area contributed by atoms with Crippen molar-refractivity contribution >= 4 is 11.8 Å². The van der Waals surface area contributed by atoms with Crippen molar-refractivity contribution in [3.8, 4) is 6.07 Å². The van der Waals surface area contributed by atoms with Gasteiger partial charge in [-0.25, -0.2) is 9.78 Å². The van der Waals surface area contributed by atoms with Gasteiger partial charge in [-0.05, 0) is 38.3 Å². The Morgan fingerprint density at radius 2 is 1.91 bits per heavy atom. The molecule has 2 rings (SSSR count). The number of aryl methyl sites for hydroxylation is 2. The molecule has 1 aromatic rings. The molecule has 0 N–H and O–H groups in total. The molecule has 6 heteroatoms. The molecule has 2 heterocycles. The third-order valence-electron chi connectivity index (χ3n) is 4.43. The molecule has 0 atom stereocenters. The van der Waals surface area contributed by atoms with Crippen LogP contribution in [0, 0.1) is 25.2 Å². The maximum Gasteiger partial charge on any atom is 0.319 e. The maximum atomic E-state index is 12.1. The van der Waals surface area contributed by atoms with Gasteiger partial charge in [-0.2, -0.15) is 5.26 Å². The number of hydrogen-bond donors (Lipinski definition) is 0. The number of hydrogen-bond acceptors (Lipinski definition) is 4. The van der Waals surface area contributed by atoms with Gasteiger partial charge in [0.2, 0.25) is 0 Å². The van der Waals surface area contributed by atoms with E-state index in [9.17, 15) is 10.1 Å². The Balaban J connectivity index is 2.11. The minimum atomic E-state index is 0.0330. The van der Waals surface area contributed by atoms with Crippen molar-refractivity contribution in [2.45, 2.75) is 32.7 Å². The summed E-state index contributed by atoms with van der Waals surface area (Å²) in [4.78, 5) is 22.2. The van der Waals surface area contributed by atoms with Gasteiger partial charge in [0.1, 0.15) is 11.9 Å². The Hall–Kier alpha value is -2.29. The number of carbonyl (C=O) groups is 1. The smallest absolute Gasteiger partial charge is 0.319 e. The lowest BCUT2D eigenvalue weighted by atomic mass is 10.0. The molecular formula is C17H25N5O. The minimum absolute atomic E-state index is 0.0330. The van der Waals surface area contributed by atoms with Crippen LogP contribution in [-0.2, 0) is 0 Å². The first kappa shape index (κ1) is 17.1. The second kappa shape index (κ2) is 6.86. The molecule has 1 aromatic heterocycles.